The normalized spacial score (nSPS) is 25.8. The van der Waals surface area contributed by atoms with Crippen LogP contribution >= 0.6 is 0 Å². The van der Waals surface area contributed by atoms with Crippen molar-refractivity contribution in [1.82, 2.24) is 4.90 Å². The highest BCUT2D eigenvalue weighted by Gasteiger charge is 2.36. The van der Waals surface area contributed by atoms with Gasteiger partial charge in [0.05, 0.1) is 6.10 Å². The van der Waals surface area contributed by atoms with E-state index in [0.29, 0.717) is 25.6 Å². The summed E-state index contributed by atoms with van der Waals surface area (Å²) >= 11 is 0. The minimum atomic E-state index is -4.49. The molecule has 0 radical (unpaired) electrons. The molecule has 1 aliphatic heterocycles. The Bertz CT molecular complexity index is 169. The summed E-state index contributed by atoms with van der Waals surface area (Å²) in [5, 5.41) is 0. The van der Waals surface area contributed by atoms with Gasteiger partial charge in [-0.3, -0.25) is 9.64 Å². The maximum atomic E-state index is 11.8. The number of halogens is 3. The molecule has 0 unspecified atom stereocenters. The Balaban J connectivity index is 2.33. The second-order valence-corrected chi connectivity index (χ2v) is 3.56. The first-order valence-electron chi connectivity index (χ1n) is 4.37. The predicted octanol–water partition coefficient (Wildman–Crippen LogP) is 2.01. The lowest BCUT2D eigenvalue weighted by molar-refractivity contribution is -0.340. The quantitative estimate of drug-likeness (QED) is 0.671. The molecule has 1 fully saturated rings. The molecule has 78 valence electrons. The number of ether oxygens (including phenoxy) is 1. The highest BCUT2D eigenvalue weighted by molar-refractivity contribution is 4.78. The number of nitrogens with zero attached hydrogens (tertiary/aromatic N) is 1. The first-order chi connectivity index (χ1) is 5.88. The summed E-state index contributed by atoms with van der Waals surface area (Å²) in [5.74, 6) is 0. The predicted molar refractivity (Wildman–Crippen MR) is 42.3 cm³/mol. The van der Waals surface area contributed by atoms with Crippen molar-refractivity contribution in [2.75, 3.05) is 13.1 Å². The van der Waals surface area contributed by atoms with Crippen LogP contribution in [0.4, 0.5) is 13.2 Å². The highest BCUT2D eigenvalue weighted by Crippen LogP contribution is 2.24. The summed E-state index contributed by atoms with van der Waals surface area (Å²) in [4.78, 5) is 1.98. The van der Waals surface area contributed by atoms with E-state index < -0.39 is 12.5 Å². The van der Waals surface area contributed by atoms with E-state index in [1.54, 1.807) is 0 Å². The molecule has 2 nitrogen and oxygen atoms in total. The van der Waals surface area contributed by atoms with Crippen molar-refractivity contribution >= 4 is 0 Å². The molecule has 0 spiro atoms. The Hall–Kier alpha value is -0.290. The Morgan fingerprint density at radius 2 is 2.00 bits per heavy atom. The van der Waals surface area contributed by atoms with Gasteiger partial charge in [0.15, 0.2) is 0 Å². The zero-order valence-electron chi connectivity index (χ0n) is 7.77. The highest BCUT2D eigenvalue weighted by atomic mass is 19.4. The lowest BCUT2D eigenvalue weighted by Crippen LogP contribution is -2.31. The average molecular weight is 197 g/mol. The maximum Gasteiger partial charge on any atom is 0.522 e. The van der Waals surface area contributed by atoms with Crippen LogP contribution in [0.1, 0.15) is 20.3 Å². The molecule has 13 heavy (non-hydrogen) atoms. The van der Waals surface area contributed by atoms with Crippen LogP contribution in [0.5, 0.6) is 0 Å². The minimum Gasteiger partial charge on any atom is -0.298 e. The van der Waals surface area contributed by atoms with Gasteiger partial charge in [0, 0.05) is 19.1 Å². The van der Waals surface area contributed by atoms with E-state index in [1.807, 2.05) is 18.7 Å². The molecule has 0 bridgehead atoms. The molecule has 0 N–H and O–H groups in total. The SMILES string of the molecule is CC(C)N1CC[C@@H](OC(F)(F)F)C1. The van der Waals surface area contributed by atoms with Crippen LogP contribution < -0.4 is 0 Å². The summed E-state index contributed by atoms with van der Waals surface area (Å²) in [5.41, 5.74) is 0. The van der Waals surface area contributed by atoms with E-state index in [1.165, 1.54) is 0 Å². The van der Waals surface area contributed by atoms with Crippen LogP contribution in [0.3, 0.4) is 0 Å². The Kier molecular flexibility index (Phi) is 3.18. The van der Waals surface area contributed by atoms with E-state index in [4.69, 9.17) is 0 Å². The van der Waals surface area contributed by atoms with Gasteiger partial charge in [-0.1, -0.05) is 0 Å². The van der Waals surface area contributed by atoms with E-state index >= 15 is 0 Å². The molecule has 1 rings (SSSR count). The maximum absolute atomic E-state index is 11.8. The second-order valence-electron chi connectivity index (χ2n) is 3.56. The molecule has 1 aliphatic rings. The number of rotatable bonds is 2. The fraction of sp³-hybridized carbons (Fsp3) is 1.00. The average Bonchev–Trinajstić information content (AvgIpc) is 2.31. The lowest BCUT2D eigenvalue weighted by atomic mass is 10.3. The lowest BCUT2D eigenvalue weighted by Gasteiger charge is -2.20. The fourth-order valence-electron chi connectivity index (χ4n) is 1.51. The smallest absolute Gasteiger partial charge is 0.298 e. The van der Waals surface area contributed by atoms with Crippen LogP contribution in [0.15, 0.2) is 0 Å². The largest absolute Gasteiger partial charge is 0.522 e. The molecule has 1 saturated heterocycles. The van der Waals surface area contributed by atoms with Gasteiger partial charge in [-0.15, -0.1) is 13.2 Å². The van der Waals surface area contributed by atoms with E-state index in [2.05, 4.69) is 4.74 Å². The summed E-state index contributed by atoms with van der Waals surface area (Å²) in [6.45, 7) is 5.02. The van der Waals surface area contributed by atoms with Crippen LogP contribution in [0, 0.1) is 0 Å². The van der Waals surface area contributed by atoms with E-state index in [0.717, 1.165) is 0 Å². The fourth-order valence-corrected chi connectivity index (χ4v) is 1.51. The molecule has 1 atom stereocenters. The van der Waals surface area contributed by atoms with Crippen LogP contribution in [0.2, 0.25) is 0 Å². The van der Waals surface area contributed by atoms with Crippen molar-refractivity contribution in [2.24, 2.45) is 0 Å². The first-order valence-corrected chi connectivity index (χ1v) is 4.37. The Labute approximate surface area is 75.7 Å². The van der Waals surface area contributed by atoms with Crippen LogP contribution in [-0.4, -0.2) is 36.5 Å². The zero-order valence-corrected chi connectivity index (χ0v) is 7.77. The summed E-state index contributed by atoms with van der Waals surface area (Å²) in [6, 6.07) is 0.293. The van der Waals surface area contributed by atoms with Crippen molar-refractivity contribution in [1.29, 1.82) is 0 Å². The Morgan fingerprint density at radius 1 is 1.38 bits per heavy atom. The molecule has 0 aromatic carbocycles. The van der Waals surface area contributed by atoms with Gasteiger partial charge in [0.25, 0.3) is 0 Å². The summed E-state index contributed by atoms with van der Waals surface area (Å²) in [6.07, 6.45) is -4.70. The third-order valence-corrected chi connectivity index (χ3v) is 2.21. The summed E-state index contributed by atoms with van der Waals surface area (Å²) < 4.78 is 39.3. The molecule has 0 amide bonds. The van der Waals surface area contributed by atoms with Crippen molar-refractivity contribution in [3.8, 4) is 0 Å². The molecular weight excluding hydrogens is 183 g/mol. The standard InChI is InChI=1S/C8H14F3NO/c1-6(2)12-4-3-7(5-12)13-8(9,10)11/h6-7H,3-5H2,1-2H3/t7-/m1/s1. The van der Waals surface area contributed by atoms with Gasteiger partial charge in [0.1, 0.15) is 0 Å². The molecular formula is C8H14F3NO. The topological polar surface area (TPSA) is 12.5 Å². The molecule has 0 aromatic rings. The zero-order chi connectivity index (χ0) is 10.1. The van der Waals surface area contributed by atoms with Crippen molar-refractivity contribution in [3.05, 3.63) is 0 Å². The van der Waals surface area contributed by atoms with Gasteiger partial charge in [-0.25, -0.2) is 0 Å². The Morgan fingerprint density at radius 3 is 2.38 bits per heavy atom. The van der Waals surface area contributed by atoms with Gasteiger partial charge in [-0.05, 0) is 20.3 Å². The van der Waals surface area contributed by atoms with Gasteiger partial charge >= 0.3 is 6.36 Å². The van der Waals surface area contributed by atoms with Crippen molar-refractivity contribution < 1.29 is 17.9 Å². The first kappa shape index (κ1) is 10.8. The van der Waals surface area contributed by atoms with Gasteiger partial charge in [0.2, 0.25) is 0 Å². The van der Waals surface area contributed by atoms with Crippen LogP contribution in [0.25, 0.3) is 0 Å². The monoisotopic (exact) mass is 197 g/mol. The van der Waals surface area contributed by atoms with E-state index in [9.17, 15) is 13.2 Å². The third kappa shape index (κ3) is 3.52. The second kappa shape index (κ2) is 3.84. The van der Waals surface area contributed by atoms with Gasteiger partial charge < -0.3 is 0 Å². The number of hydrogen-bond donors (Lipinski definition) is 0. The van der Waals surface area contributed by atoms with E-state index in [-0.39, 0.29) is 0 Å². The number of hydrogen-bond acceptors (Lipinski definition) is 2. The molecule has 0 aliphatic carbocycles. The summed E-state index contributed by atoms with van der Waals surface area (Å²) in [7, 11) is 0. The number of likely N-dealkylation sites (tertiary alicyclic amines) is 1. The third-order valence-electron chi connectivity index (χ3n) is 2.21. The van der Waals surface area contributed by atoms with Crippen LogP contribution in [-0.2, 0) is 4.74 Å². The number of alkyl halides is 3. The van der Waals surface area contributed by atoms with Crippen molar-refractivity contribution in [2.45, 2.75) is 38.8 Å². The molecule has 1 heterocycles. The van der Waals surface area contributed by atoms with Gasteiger partial charge in [-0.2, -0.15) is 0 Å². The van der Waals surface area contributed by atoms with Crippen molar-refractivity contribution in [3.63, 3.8) is 0 Å². The minimum absolute atomic E-state index is 0.293. The molecule has 0 aromatic heterocycles. The molecule has 5 heteroatoms. The molecule has 0 saturated carbocycles.